The average molecular weight is 345 g/mol. The molecule has 1 atom stereocenters. The maximum atomic E-state index is 5.63. The lowest BCUT2D eigenvalue weighted by molar-refractivity contribution is 0.181. The summed E-state index contributed by atoms with van der Waals surface area (Å²) in [4.78, 5) is 7.11. The molecule has 1 saturated heterocycles. The van der Waals surface area contributed by atoms with E-state index in [-0.39, 0.29) is 0 Å². The molecule has 1 fully saturated rings. The van der Waals surface area contributed by atoms with Gasteiger partial charge in [0, 0.05) is 43.0 Å². The summed E-state index contributed by atoms with van der Waals surface area (Å²) >= 11 is 1.74. The van der Waals surface area contributed by atoms with Gasteiger partial charge < -0.3 is 11.1 Å². The zero-order valence-corrected chi connectivity index (χ0v) is 15.3. The SMILES string of the molecule is C[C@@H]1CNCCCCN1Cc1ccc2c(SCCN)nccc2c1. The van der Waals surface area contributed by atoms with Crippen molar-refractivity contribution in [2.24, 2.45) is 5.73 Å². The van der Waals surface area contributed by atoms with Crippen LogP contribution in [-0.2, 0) is 6.54 Å². The molecule has 24 heavy (non-hydrogen) atoms. The van der Waals surface area contributed by atoms with E-state index in [1.54, 1.807) is 11.8 Å². The molecule has 3 rings (SSSR count). The quantitative estimate of drug-likeness (QED) is 0.817. The molecule has 2 aromatic rings. The van der Waals surface area contributed by atoms with Gasteiger partial charge in [-0.05, 0) is 55.9 Å². The highest BCUT2D eigenvalue weighted by Crippen LogP contribution is 2.26. The number of hydrogen-bond acceptors (Lipinski definition) is 5. The number of nitrogens with one attached hydrogen (secondary N) is 1. The Bertz CT molecular complexity index is 661. The summed E-state index contributed by atoms with van der Waals surface area (Å²) in [5.41, 5.74) is 7.01. The molecule has 0 radical (unpaired) electrons. The predicted molar refractivity (Wildman–Crippen MR) is 103 cm³/mol. The van der Waals surface area contributed by atoms with Crippen molar-refractivity contribution in [3.8, 4) is 0 Å². The minimum atomic E-state index is 0.578. The second kappa shape index (κ2) is 8.81. The van der Waals surface area contributed by atoms with Gasteiger partial charge >= 0.3 is 0 Å². The number of pyridine rings is 1. The van der Waals surface area contributed by atoms with Gasteiger partial charge in [0.25, 0.3) is 0 Å². The van der Waals surface area contributed by atoms with E-state index in [9.17, 15) is 0 Å². The summed E-state index contributed by atoms with van der Waals surface area (Å²) < 4.78 is 0. The van der Waals surface area contributed by atoms with Crippen LogP contribution in [0.3, 0.4) is 0 Å². The van der Waals surface area contributed by atoms with Gasteiger partial charge in [-0.15, -0.1) is 11.8 Å². The van der Waals surface area contributed by atoms with Gasteiger partial charge in [0.05, 0.1) is 0 Å². The van der Waals surface area contributed by atoms with Crippen molar-refractivity contribution in [1.82, 2.24) is 15.2 Å². The fourth-order valence-corrected chi connectivity index (χ4v) is 4.05. The van der Waals surface area contributed by atoms with E-state index in [1.165, 1.54) is 35.7 Å². The summed E-state index contributed by atoms with van der Waals surface area (Å²) in [6, 6.07) is 9.50. The van der Waals surface area contributed by atoms with E-state index in [0.29, 0.717) is 12.6 Å². The van der Waals surface area contributed by atoms with Crippen LogP contribution < -0.4 is 11.1 Å². The summed E-state index contributed by atoms with van der Waals surface area (Å²) in [5.74, 6) is 0.909. The molecular formula is C19H28N4S. The molecular weight excluding hydrogens is 316 g/mol. The van der Waals surface area contributed by atoms with E-state index < -0.39 is 0 Å². The molecule has 1 aromatic heterocycles. The molecule has 0 saturated carbocycles. The fraction of sp³-hybridized carbons (Fsp3) is 0.526. The van der Waals surface area contributed by atoms with Crippen LogP contribution in [0.15, 0.2) is 35.5 Å². The Morgan fingerprint density at radius 1 is 1.33 bits per heavy atom. The molecule has 130 valence electrons. The smallest absolute Gasteiger partial charge is 0.104 e. The maximum absolute atomic E-state index is 5.63. The first kappa shape index (κ1) is 17.7. The van der Waals surface area contributed by atoms with Crippen LogP contribution in [0.25, 0.3) is 10.8 Å². The zero-order valence-electron chi connectivity index (χ0n) is 14.5. The van der Waals surface area contributed by atoms with Crippen molar-refractivity contribution < 1.29 is 0 Å². The number of nitrogens with two attached hydrogens (primary N) is 1. The Balaban J connectivity index is 1.77. The largest absolute Gasteiger partial charge is 0.330 e. The molecule has 4 nitrogen and oxygen atoms in total. The molecule has 0 bridgehead atoms. The van der Waals surface area contributed by atoms with Crippen LogP contribution >= 0.6 is 11.8 Å². The number of benzene rings is 1. The number of aromatic nitrogens is 1. The first-order chi connectivity index (χ1) is 11.8. The highest BCUT2D eigenvalue weighted by Gasteiger charge is 2.16. The molecule has 2 heterocycles. The van der Waals surface area contributed by atoms with Gasteiger partial charge in [0.1, 0.15) is 5.03 Å². The summed E-state index contributed by atoms with van der Waals surface area (Å²) in [6.07, 6.45) is 4.46. The molecule has 0 aliphatic carbocycles. The minimum Gasteiger partial charge on any atom is -0.330 e. The van der Waals surface area contributed by atoms with Crippen molar-refractivity contribution in [2.75, 3.05) is 31.9 Å². The topological polar surface area (TPSA) is 54.2 Å². The van der Waals surface area contributed by atoms with Crippen molar-refractivity contribution >= 4 is 22.5 Å². The van der Waals surface area contributed by atoms with Gasteiger partial charge in [0.15, 0.2) is 0 Å². The Labute approximate surface area is 149 Å². The van der Waals surface area contributed by atoms with Crippen molar-refractivity contribution in [3.63, 3.8) is 0 Å². The van der Waals surface area contributed by atoms with Crippen LogP contribution in [0.5, 0.6) is 0 Å². The van der Waals surface area contributed by atoms with Crippen LogP contribution in [-0.4, -0.2) is 47.9 Å². The van der Waals surface area contributed by atoms with Crippen molar-refractivity contribution in [3.05, 3.63) is 36.0 Å². The molecule has 0 unspecified atom stereocenters. The highest BCUT2D eigenvalue weighted by atomic mass is 32.2. The van der Waals surface area contributed by atoms with E-state index >= 15 is 0 Å². The number of hydrogen-bond donors (Lipinski definition) is 2. The third-order valence-electron chi connectivity index (χ3n) is 4.65. The monoisotopic (exact) mass is 344 g/mol. The maximum Gasteiger partial charge on any atom is 0.104 e. The van der Waals surface area contributed by atoms with Crippen LogP contribution in [0.4, 0.5) is 0 Å². The van der Waals surface area contributed by atoms with Crippen LogP contribution in [0, 0.1) is 0 Å². The third-order valence-corrected chi connectivity index (χ3v) is 5.69. The van der Waals surface area contributed by atoms with Crippen molar-refractivity contribution in [1.29, 1.82) is 0 Å². The zero-order chi connectivity index (χ0) is 16.8. The first-order valence-corrected chi connectivity index (χ1v) is 9.92. The number of thioether (sulfide) groups is 1. The van der Waals surface area contributed by atoms with Gasteiger partial charge in [-0.25, -0.2) is 4.98 Å². The molecule has 3 N–H and O–H groups in total. The van der Waals surface area contributed by atoms with E-state index in [0.717, 1.165) is 30.4 Å². The van der Waals surface area contributed by atoms with E-state index in [4.69, 9.17) is 5.73 Å². The average Bonchev–Trinajstić information content (AvgIpc) is 2.59. The molecule has 0 amide bonds. The number of nitrogens with zero attached hydrogens (tertiary/aromatic N) is 2. The molecule has 1 aliphatic heterocycles. The lowest BCUT2D eigenvalue weighted by Crippen LogP contribution is -2.42. The summed E-state index contributed by atoms with van der Waals surface area (Å²) in [5, 5.41) is 7.15. The number of rotatable bonds is 5. The van der Waals surface area contributed by atoms with Gasteiger partial charge in [-0.2, -0.15) is 0 Å². The second-order valence-electron chi connectivity index (χ2n) is 6.54. The fourth-order valence-electron chi connectivity index (χ4n) is 3.26. The normalized spacial score (nSPS) is 20.0. The lowest BCUT2D eigenvalue weighted by atomic mass is 10.1. The lowest BCUT2D eigenvalue weighted by Gasteiger charge is -2.31. The van der Waals surface area contributed by atoms with Gasteiger partial charge in [-0.1, -0.05) is 12.1 Å². The molecule has 1 aliphatic rings. The predicted octanol–water partition coefficient (Wildman–Crippen LogP) is 2.86. The third kappa shape index (κ3) is 4.48. The van der Waals surface area contributed by atoms with E-state index in [1.807, 2.05) is 6.20 Å². The Morgan fingerprint density at radius 2 is 2.25 bits per heavy atom. The highest BCUT2D eigenvalue weighted by molar-refractivity contribution is 7.99. The molecule has 0 spiro atoms. The molecule has 5 heteroatoms. The van der Waals surface area contributed by atoms with Gasteiger partial charge in [-0.3, -0.25) is 4.90 Å². The molecule has 1 aromatic carbocycles. The number of fused-ring (bicyclic) bond motifs is 1. The van der Waals surface area contributed by atoms with Crippen LogP contribution in [0.1, 0.15) is 25.3 Å². The second-order valence-corrected chi connectivity index (χ2v) is 7.62. The van der Waals surface area contributed by atoms with Gasteiger partial charge in [0.2, 0.25) is 0 Å². The first-order valence-electron chi connectivity index (χ1n) is 8.93. The summed E-state index contributed by atoms with van der Waals surface area (Å²) in [7, 11) is 0. The Morgan fingerprint density at radius 3 is 3.12 bits per heavy atom. The Hall–Kier alpha value is -1.14. The van der Waals surface area contributed by atoms with Crippen molar-refractivity contribution in [2.45, 2.75) is 37.4 Å². The van der Waals surface area contributed by atoms with E-state index in [2.05, 4.69) is 46.4 Å². The standard InChI is InChI=1S/C19H28N4S/c1-15-13-21-8-2-3-10-23(15)14-16-4-5-18-17(12-16)6-9-22-19(18)24-11-7-20/h4-6,9,12,15,21H,2-3,7-8,10-11,13-14,20H2,1H3/t15-/m1/s1. The Kier molecular flexibility index (Phi) is 6.49. The minimum absolute atomic E-state index is 0.578. The van der Waals surface area contributed by atoms with Crippen LogP contribution in [0.2, 0.25) is 0 Å². The summed E-state index contributed by atoms with van der Waals surface area (Å²) in [6.45, 7) is 7.45.